The number of morpholine rings is 1. The molecule has 2 aromatic rings. The summed E-state index contributed by atoms with van der Waals surface area (Å²) in [4.78, 5) is 19.2. The Balaban J connectivity index is 1.40. The Morgan fingerprint density at radius 2 is 2.28 bits per heavy atom. The number of rotatable bonds is 4. The lowest BCUT2D eigenvalue weighted by Gasteiger charge is -2.32. The monoisotopic (exact) mass is 340 g/mol. The first kappa shape index (κ1) is 16.3. The Morgan fingerprint density at radius 3 is 3.12 bits per heavy atom. The molecular weight excluding hydrogens is 316 g/mol. The maximum Gasteiger partial charge on any atom is 0.223 e. The lowest BCUT2D eigenvalue weighted by atomic mass is 9.97. The van der Waals surface area contributed by atoms with Crippen LogP contribution >= 0.6 is 0 Å². The molecule has 1 aliphatic carbocycles. The molecule has 2 aliphatic rings. The molecule has 0 saturated carbocycles. The number of fused-ring (bicyclic) bond motifs is 1. The van der Waals surface area contributed by atoms with E-state index in [0.29, 0.717) is 37.9 Å². The number of aryl methyl sites for hydroxylation is 2. The second-order valence-electron chi connectivity index (χ2n) is 6.83. The van der Waals surface area contributed by atoms with E-state index in [9.17, 15) is 4.79 Å². The van der Waals surface area contributed by atoms with E-state index in [1.165, 1.54) is 11.1 Å². The number of aromatic amines is 1. The van der Waals surface area contributed by atoms with Crippen LogP contribution in [-0.2, 0) is 22.4 Å². The zero-order chi connectivity index (χ0) is 17.2. The molecule has 1 N–H and O–H groups in total. The molecule has 6 nitrogen and oxygen atoms in total. The number of nitrogens with zero attached hydrogens (tertiary/aromatic N) is 3. The van der Waals surface area contributed by atoms with Gasteiger partial charge in [-0.15, -0.1) is 0 Å². The summed E-state index contributed by atoms with van der Waals surface area (Å²) < 4.78 is 5.79. The molecule has 0 bridgehead atoms. The van der Waals surface area contributed by atoms with Crippen LogP contribution in [0.1, 0.15) is 54.6 Å². The summed E-state index contributed by atoms with van der Waals surface area (Å²) in [6.45, 7) is 3.75. The van der Waals surface area contributed by atoms with Crippen molar-refractivity contribution in [1.82, 2.24) is 20.1 Å². The standard InChI is InChI=1S/C19H24N4O2/c1-2-17-20-19(22-21-17)16-12-23(9-10-25-16)18(24)11-14-8-7-13-5-3-4-6-15(13)14/h3-6,14,16H,2,7-12H2,1H3,(H,20,21,22)/t14-,16-/m0/s1. The first-order valence-electron chi connectivity index (χ1n) is 9.13. The topological polar surface area (TPSA) is 71.1 Å². The van der Waals surface area contributed by atoms with Crippen molar-refractivity contribution < 1.29 is 9.53 Å². The Kier molecular flexibility index (Phi) is 4.53. The first-order valence-corrected chi connectivity index (χ1v) is 9.13. The van der Waals surface area contributed by atoms with E-state index in [0.717, 1.165) is 25.1 Å². The van der Waals surface area contributed by atoms with Gasteiger partial charge >= 0.3 is 0 Å². The van der Waals surface area contributed by atoms with Gasteiger partial charge in [-0.3, -0.25) is 9.89 Å². The van der Waals surface area contributed by atoms with Crippen LogP contribution in [0.4, 0.5) is 0 Å². The highest BCUT2D eigenvalue weighted by Gasteiger charge is 2.31. The smallest absolute Gasteiger partial charge is 0.223 e. The van der Waals surface area contributed by atoms with Crippen molar-refractivity contribution in [2.75, 3.05) is 19.7 Å². The molecule has 1 saturated heterocycles. The molecule has 1 amide bonds. The molecule has 1 aromatic carbocycles. The highest BCUT2D eigenvalue weighted by molar-refractivity contribution is 5.77. The van der Waals surface area contributed by atoms with Gasteiger partial charge < -0.3 is 9.64 Å². The molecule has 0 radical (unpaired) electrons. The molecule has 1 aromatic heterocycles. The number of carbonyl (C=O) groups excluding carboxylic acids is 1. The van der Waals surface area contributed by atoms with E-state index in [-0.39, 0.29) is 12.0 Å². The van der Waals surface area contributed by atoms with Crippen molar-refractivity contribution in [3.8, 4) is 0 Å². The van der Waals surface area contributed by atoms with Crippen LogP contribution in [0.5, 0.6) is 0 Å². The molecule has 0 spiro atoms. The maximum absolute atomic E-state index is 12.8. The number of hydrogen-bond donors (Lipinski definition) is 1. The summed E-state index contributed by atoms with van der Waals surface area (Å²) in [6, 6.07) is 8.50. The zero-order valence-corrected chi connectivity index (χ0v) is 14.6. The highest BCUT2D eigenvalue weighted by atomic mass is 16.5. The summed E-state index contributed by atoms with van der Waals surface area (Å²) in [5.74, 6) is 2.06. The molecule has 0 unspecified atom stereocenters. The van der Waals surface area contributed by atoms with Crippen molar-refractivity contribution in [2.24, 2.45) is 0 Å². The van der Waals surface area contributed by atoms with Crippen molar-refractivity contribution in [2.45, 2.75) is 44.6 Å². The molecular formula is C19H24N4O2. The SMILES string of the molecule is CCc1nc([C@@H]2CN(C(=O)C[C@@H]3CCc4ccccc43)CCO2)n[nH]1. The molecule has 1 fully saturated rings. The lowest BCUT2D eigenvalue weighted by Crippen LogP contribution is -2.42. The van der Waals surface area contributed by atoms with Crippen LogP contribution in [-0.4, -0.2) is 45.7 Å². The summed E-state index contributed by atoms with van der Waals surface area (Å²) in [6.07, 6.45) is 3.31. The van der Waals surface area contributed by atoms with Gasteiger partial charge in [-0.05, 0) is 29.9 Å². The number of H-pyrrole nitrogens is 1. The molecule has 2 heterocycles. The predicted molar refractivity (Wildman–Crippen MR) is 93.2 cm³/mol. The van der Waals surface area contributed by atoms with Gasteiger partial charge in [0.1, 0.15) is 11.9 Å². The van der Waals surface area contributed by atoms with E-state index in [4.69, 9.17) is 4.74 Å². The Hall–Kier alpha value is -2.21. The van der Waals surface area contributed by atoms with Crippen molar-refractivity contribution in [3.05, 3.63) is 47.0 Å². The van der Waals surface area contributed by atoms with Crippen molar-refractivity contribution in [1.29, 1.82) is 0 Å². The molecule has 25 heavy (non-hydrogen) atoms. The fourth-order valence-electron chi connectivity index (χ4n) is 3.84. The third-order valence-electron chi connectivity index (χ3n) is 5.27. The molecule has 4 rings (SSSR count). The average molecular weight is 340 g/mol. The van der Waals surface area contributed by atoms with E-state index in [1.54, 1.807) is 0 Å². The number of amides is 1. The Labute approximate surface area is 147 Å². The van der Waals surface area contributed by atoms with E-state index >= 15 is 0 Å². The maximum atomic E-state index is 12.8. The minimum absolute atomic E-state index is 0.209. The predicted octanol–water partition coefficient (Wildman–Crippen LogP) is 2.39. The minimum Gasteiger partial charge on any atom is -0.366 e. The first-order chi connectivity index (χ1) is 12.2. The fraction of sp³-hybridized carbons (Fsp3) is 0.526. The van der Waals surface area contributed by atoms with E-state index in [1.807, 2.05) is 11.8 Å². The summed E-state index contributed by atoms with van der Waals surface area (Å²) in [7, 11) is 0. The van der Waals surface area contributed by atoms with E-state index in [2.05, 4.69) is 39.4 Å². The van der Waals surface area contributed by atoms with Gasteiger partial charge in [0, 0.05) is 19.4 Å². The van der Waals surface area contributed by atoms with Gasteiger partial charge in [0.25, 0.3) is 0 Å². The quantitative estimate of drug-likeness (QED) is 0.928. The second kappa shape index (κ2) is 6.96. The molecule has 1 aliphatic heterocycles. The van der Waals surface area contributed by atoms with Crippen molar-refractivity contribution in [3.63, 3.8) is 0 Å². The van der Waals surface area contributed by atoms with Gasteiger partial charge in [-0.1, -0.05) is 31.2 Å². The second-order valence-corrected chi connectivity index (χ2v) is 6.83. The number of ether oxygens (including phenoxy) is 1. The minimum atomic E-state index is -0.231. The summed E-state index contributed by atoms with van der Waals surface area (Å²) in [5.41, 5.74) is 2.75. The number of aromatic nitrogens is 3. The van der Waals surface area contributed by atoms with Gasteiger partial charge in [0.2, 0.25) is 5.91 Å². The molecule has 132 valence electrons. The van der Waals surface area contributed by atoms with Crippen LogP contribution in [0.25, 0.3) is 0 Å². The third-order valence-corrected chi connectivity index (χ3v) is 5.27. The molecule has 6 heteroatoms. The number of hydrogen-bond acceptors (Lipinski definition) is 4. The van der Waals surface area contributed by atoms with Gasteiger partial charge in [0.15, 0.2) is 5.82 Å². The number of nitrogens with one attached hydrogen (secondary N) is 1. The molecule has 2 atom stereocenters. The Bertz CT molecular complexity index is 757. The normalized spacial score (nSPS) is 22.8. The number of carbonyl (C=O) groups is 1. The van der Waals surface area contributed by atoms with Crippen LogP contribution in [0.2, 0.25) is 0 Å². The Morgan fingerprint density at radius 1 is 1.40 bits per heavy atom. The summed E-state index contributed by atoms with van der Waals surface area (Å²) in [5, 5.41) is 7.16. The van der Waals surface area contributed by atoms with Crippen molar-refractivity contribution >= 4 is 5.91 Å². The van der Waals surface area contributed by atoms with Crippen LogP contribution < -0.4 is 0 Å². The van der Waals surface area contributed by atoms with E-state index < -0.39 is 0 Å². The van der Waals surface area contributed by atoms with Gasteiger partial charge in [-0.25, -0.2) is 4.98 Å². The van der Waals surface area contributed by atoms with Crippen LogP contribution in [0.3, 0.4) is 0 Å². The largest absolute Gasteiger partial charge is 0.366 e. The number of benzene rings is 1. The lowest BCUT2D eigenvalue weighted by molar-refractivity contribution is -0.139. The fourth-order valence-corrected chi connectivity index (χ4v) is 3.84. The van der Waals surface area contributed by atoms with Crippen LogP contribution in [0.15, 0.2) is 24.3 Å². The van der Waals surface area contributed by atoms with Crippen LogP contribution in [0, 0.1) is 0 Å². The van der Waals surface area contributed by atoms with Gasteiger partial charge in [0.05, 0.1) is 13.2 Å². The summed E-state index contributed by atoms with van der Waals surface area (Å²) >= 11 is 0. The highest BCUT2D eigenvalue weighted by Crippen LogP contribution is 2.36. The van der Waals surface area contributed by atoms with Gasteiger partial charge in [-0.2, -0.15) is 5.10 Å². The average Bonchev–Trinajstić information content (AvgIpc) is 3.29. The third kappa shape index (κ3) is 3.31. The zero-order valence-electron chi connectivity index (χ0n) is 14.6.